The first-order valence-corrected chi connectivity index (χ1v) is 6.18. The molecule has 7 heteroatoms. The smallest absolute Gasteiger partial charge is 0.289 e. The van der Waals surface area contributed by atoms with E-state index in [-0.39, 0.29) is 22.9 Å². The van der Waals surface area contributed by atoms with Crippen molar-refractivity contribution in [1.29, 1.82) is 0 Å². The molecule has 0 aliphatic heterocycles. The first kappa shape index (κ1) is 13.0. The van der Waals surface area contributed by atoms with Crippen molar-refractivity contribution in [2.24, 2.45) is 0 Å². The van der Waals surface area contributed by atoms with Crippen molar-refractivity contribution >= 4 is 23.1 Å². The third kappa shape index (κ3) is 3.08. The summed E-state index contributed by atoms with van der Waals surface area (Å²) in [6.07, 6.45) is 4.16. The summed E-state index contributed by atoms with van der Waals surface area (Å²) in [5.41, 5.74) is -0.121. The summed E-state index contributed by atoms with van der Waals surface area (Å²) < 4.78 is 0. The molecule has 0 spiro atoms. The first-order valence-electron chi connectivity index (χ1n) is 5.81. The summed E-state index contributed by atoms with van der Waals surface area (Å²) >= 11 is 5.94. The number of nitrogens with zero attached hydrogens (tertiary/aromatic N) is 2. The first-order chi connectivity index (χ1) is 8.56. The quantitative estimate of drug-likeness (QED) is 0.651. The highest BCUT2D eigenvalue weighted by molar-refractivity contribution is 6.33. The molecule has 1 aromatic rings. The van der Waals surface area contributed by atoms with Crippen LogP contribution in [0.3, 0.4) is 0 Å². The van der Waals surface area contributed by atoms with Gasteiger partial charge in [-0.15, -0.1) is 0 Å². The fraction of sp³-hybridized carbons (Fsp3) is 0.545. The summed E-state index contributed by atoms with van der Waals surface area (Å²) in [7, 11) is 0. The van der Waals surface area contributed by atoms with E-state index in [0.717, 1.165) is 25.7 Å². The highest BCUT2D eigenvalue weighted by atomic mass is 35.5. The van der Waals surface area contributed by atoms with E-state index in [9.17, 15) is 15.2 Å². The number of anilines is 1. The monoisotopic (exact) mass is 271 g/mol. The average molecular weight is 272 g/mol. The van der Waals surface area contributed by atoms with Gasteiger partial charge in [0.25, 0.3) is 5.69 Å². The number of halogens is 1. The summed E-state index contributed by atoms with van der Waals surface area (Å²) in [4.78, 5) is 14.0. The Labute approximate surface area is 109 Å². The molecule has 1 fully saturated rings. The molecule has 0 radical (unpaired) electrons. The van der Waals surface area contributed by atoms with Crippen LogP contribution in [0.25, 0.3) is 0 Å². The Morgan fingerprint density at radius 3 is 2.67 bits per heavy atom. The third-order valence-corrected chi connectivity index (χ3v) is 3.36. The molecule has 18 heavy (non-hydrogen) atoms. The van der Waals surface area contributed by atoms with Gasteiger partial charge in [-0.25, -0.2) is 4.98 Å². The van der Waals surface area contributed by atoms with Gasteiger partial charge in [0.1, 0.15) is 12.0 Å². The summed E-state index contributed by atoms with van der Waals surface area (Å²) in [5, 5.41) is 23.4. The fourth-order valence-electron chi connectivity index (χ4n) is 2.05. The molecule has 2 rings (SSSR count). The van der Waals surface area contributed by atoms with Crippen LogP contribution in [0.15, 0.2) is 12.3 Å². The SMILES string of the molecule is O=[N+]([O-])c1cnc(NC2CCC(O)CC2)c(Cl)c1. The second kappa shape index (κ2) is 5.49. The van der Waals surface area contributed by atoms with Gasteiger partial charge in [-0.2, -0.15) is 0 Å². The van der Waals surface area contributed by atoms with Gasteiger partial charge < -0.3 is 10.4 Å². The van der Waals surface area contributed by atoms with Gasteiger partial charge in [0.2, 0.25) is 0 Å². The minimum absolute atomic E-state index is 0.121. The van der Waals surface area contributed by atoms with Crippen molar-refractivity contribution in [2.45, 2.75) is 37.8 Å². The van der Waals surface area contributed by atoms with Crippen LogP contribution in [0.1, 0.15) is 25.7 Å². The van der Waals surface area contributed by atoms with Crippen LogP contribution in [-0.4, -0.2) is 27.2 Å². The van der Waals surface area contributed by atoms with Gasteiger partial charge >= 0.3 is 0 Å². The van der Waals surface area contributed by atoms with E-state index in [0.29, 0.717) is 5.82 Å². The lowest BCUT2D eigenvalue weighted by molar-refractivity contribution is -0.385. The van der Waals surface area contributed by atoms with Gasteiger partial charge in [-0.3, -0.25) is 10.1 Å². The minimum atomic E-state index is -0.528. The lowest BCUT2D eigenvalue weighted by Crippen LogP contribution is -2.28. The van der Waals surface area contributed by atoms with Crippen LogP contribution < -0.4 is 5.32 Å². The van der Waals surface area contributed by atoms with E-state index in [1.54, 1.807) is 0 Å². The predicted molar refractivity (Wildman–Crippen MR) is 67.8 cm³/mol. The maximum atomic E-state index is 10.5. The Hall–Kier alpha value is -1.40. The fourth-order valence-corrected chi connectivity index (χ4v) is 2.26. The van der Waals surface area contributed by atoms with E-state index in [2.05, 4.69) is 10.3 Å². The highest BCUT2D eigenvalue weighted by Gasteiger charge is 2.20. The normalized spacial score (nSPS) is 23.7. The molecule has 0 amide bonds. The number of aliphatic hydroxyl groups is 1. The van der Waals surface area contributed by atoms with Crippen molar-refractivity contribution in [1.82, 2.24) is 4.98 Å². The maximum absolute atomic E-state index is 10.5. The van der Waals surface area contributed by atoms with Crippen LogP contribution in [0.2, 0.25) is 5.02 Å². The Balaban J connectivity index is 2.03. The maximum Gasteiger partial charge on any atom is 0.289 e. The Morgan fingerprint density at radius 2 is 2.11 bits per heavy atom. The van der Waals surface area contributed by atoms with E-state index in [1.165, 1.54) is 12.3 Å². The van der Waals surface area contributed by atoms with Crippen molar-refractivity contribution in [3.05, 3.63) is 27.4 Å². The molecule has 0 unspecified atom stereocenters. The van der Waals surface area contributed by atoms with Gasteiger partial charge in [0.15, 0.2) is 0 Å². The molecule has 1 saturated carbocycles. The van der Waals surface area contributed by atoms with Crippen molar-refractivity contribution < 1.29 is 10.0 Å². The van der Waals surface area contributed by atoms with Crippen LogP contribution in [-0.2, 0) is 0 Å². The van der Waals surface area contributed by atoms with Gasteiger partial charge in [-0.1, -0.05) is 11.6 Å². The lowest BCUT2D eigenvalue weighted by atomic mass is 9.93. The summed E-state index contributed by atoms with van der Waals surface area (Å²) in [6.45, 7) is 0. The molecule has 2 N–H and O–H groups in total. The molecule has 98 valence electrons. The molecule has 0 aromatic carbocycles. The number of hydrogen-bond acceptors (Lipinski definition) is 5. The zero-order valence-electron chi connectivity index (χ0n) is 9.67. The number of nitro groups is 1. The van der Waals surface area contributed by atoms with E-state index >= 15 is 0 Å². The minimum Gasteiger partial charge on any atom is -0.393 e. The van der Waals surface area contributed by atoms with E-state index in [1.807, 2.05) is 0 Å². The zero-order chi connectivity index (χ0) is 13.1. The molecular weight excluding hydrogens is 258 g/mol. The van der Waals surface area contributed by atoms with Crippen LogP contribution in [0.4, 0.5) is 11.5 Å². The standard InChI is InChI=1S/C11H14ClN3O3/c12-10-5-8(15(17)18)6-13-11(10)14-7-1-3-9(16)4-2-7/h5-7,9,16H,1-4H2,(H,13,14). The van der Waals surface area contributed by atoms with Crippen molar-refractivity contribution in [3.63, 3.8) is 0 Å². The number of hydrogen-bond donors (Lipinski definition) is 2. The summed E-state index contributed by atoms with van der Waals surface area (Å²) in [6, 6.07) is 1.49. The molecule has 1 aliphatic carbocycles. The Morgan fingerprint density at radius 1 is 1.44 bits per heavy atom. The second-order valence-electron chi connectivity index (χ2n) is 4.43. The Kier molecular flexibility index (Phi) is 3.98. The highest BCUT2D eigenvalue weighted by Crippen LogP contribution is 2.27. The van der Waals surface area contributed by atoms with E-state index < -0.39 is 4.92 Å². The number of nitrogens with one attached hydrogen (secondary N) is 1. The van der Waals surface area contributed by atoms with Crippen molar-refractivity contribution in [3.8, 4) is 0 Å². The molecule has 0 bridgehead atoms. The van der Waals surface area contributed by atoms with Gasteiger partial charge in [0.05, 0.1) is 16.0 Å². The lowest BCUT2D eigenvalue weighted by Gasteiger charge is -2.26. The number of aromatic nitrogens is 1. The number of rotatable bonds is 3. The number of pyridine rings is 1. The average Bonchev–Trinajstić information content (AvgIpc) is 2.34. The van der Waals surface area contributed by atoms with Crippen LogP contribution >= 0.6 is 11.6 Å². The Bertz CT molecular complexity index is 447. The molecule has 6 nitrogen and oxygen atoms in total. The van der Waals surface area contributed by atoms with Crippen LogP contribution in [0, 0.1) is 10.1 Å². The van der Waals surface area contributed by atoms with Gasteiger partial charge in [0, 0.05) is 12.1 Å². The van der Waals surface area contributed by atoms with Crippen molar-refractivity contribution in [2.75, 3.05) is 5.32 Å². The molecule has 0 saturated heterocycles. The topological polar surface area (TPSA) is 88.3 Å². The molecule has 1 aromatic heterocycles. The third-order valence-electron chi connectivity index (χ3n) is 3.08. The molecule has 1 heterocycles. The summed E-state index contributed by atoms with van der Waals surface area (Å²) in [5.74, 6) is 0.462. The second-order valence-corrected chi connectivity index (χ2v) is 4.84. The zero-order valence-corrected chi connectivity index (χ0v) is 10.4. The molecular formula is C11H14ClN3O3. The van der Waals surface area contributed by atoms with Gasteiger partial charge in [-0.05, 0) is 25.7 Å². The van der Waals surface area contributed by atoms with E-state index in [4.69, 9.17) is 11.6 Å². The molecule has 1 aliphatic rings. The molecule has 0 atom stereocenters. The largest absolute Gasteiger partial charge is 0.393 e. The van der Waals surface area contributed by atoms with Crippen LogP contribution in [0.5, 0.6) is 0 Å². The predicted octanol–water partition coefficient (Wildman–Crippen LogP) is 2.36. The number of aliphatic hydroxyl groups excluding tert-OH is 1.